The van der Waals surface area contributed by atoms with Crippen LogP contribution in [-0.4, -0.2) is 66.4 Å². The van der Waals surface area contributed by atoms with Gasteiger partial charge in [-0.15, -0.1) is 0 Å². The second-order valence-corrected chi connectivity index (χ2v) is 6.79. The van der Waals surface area contributed by atoms with E-state index < -0.39 is 12.1 Å². The number of imide groups is 1. The van der Waals surface area contributed by atoms with Crippen LogP contribution in [0.15, 0.2) is 30.3 Å². The molecule has 144 valence electrons. The number of ether oxygens (including phenoxy) is 1. The van der Waals surface area contributed by atoms with Crippen molar-refractivity contribution in [3.8, 4) is 0 Å². The third-order valence-electron chi connectivity index (χ3n) is 5.07. The van der Waals surface area contributed by atoms with Crippen molar-refractivity contribution in [3.63, 3.8) is 0 Å². The lowest BCUT2D eigenvalue weighted by atomic mass is 9.97. The van der Waals surface area contributed by atoms with Crippen molar-refractivity contribution in [2.45, 2.75) is 25.3 Å². The molecule has 0 unspecified atom stereocenters. The van der Waals surface area contributed by atoms with Crippen LogP contribution in [0.3, 0.4) is 0 Å². The van der Waals surface area contributed by atoms with Gasteiger partial charge >= 0.3 is 12.0 Å². The molecule has 1 atom stereocenters. The highest BCUT2D eigenvalue weighted by molar-refractivity contribution is 6.06. The Kier molecular flexibility index (Phi) is 5.73. The van der Waals surface area contributed by atoms with Gasteiger partial charge in [0.2, 0.25) is 5.91 Å². The summed E-state index contributed by atoms with van der Waals surface area (Å²) in [5.41, 5.74) is 0.939. The number of amides is 4. The van der Waals surface area contributed by atoms with E-state index in [4.69, 9.17) is 4.74 Å². The standard InChI is InChI=1S/C19H23N3O5/c1-27-18(25)14-7-9-21(10-8-14)16(23)12-22-17(24)15(20-19(22)26)11-13-5-3-2-4-6-13/h2-6,14-15H,7-12H2,1H3,(H,20,26)/t15-/m1/s1. The molecule has 0 spiro atoms. The molecule has 0 aliphatic carbocycles. The first-order valence-corrected chi connectivity index (χ1v) is 9.01. The Hall–Kier alpha value is -2.90. The lowest BCUT2D eigenvalue weighted by Crippen LogP contribution is -2.47. The van der Waals surface area contributed by atoms with Crippen molar-refractivity contribution >= 4 is 23.8 Å². The van der Waals surface area contributed by atoms with Crippen LogP contribution in [0, 0.1) is 5.92 Å². The van der Waals surface area contributed by atoms with Gasteiger partial charge in [-0.2, -0.15) is 0 Å². The number of nitrogens with zero attached hydrogens (tertiary/aromatic N) is 2. The Balaban J connectivity index is 1.54. The Morgan fingerprint density at radius 3 is 2.44 bits per heavy atom. The van der Waals surface area contributed by atoms with Gasteiger partial charge in [0.05, 0.1) is 13.0 Å². The van der Waals surface area contributed by atoms with Crippen molar-refractivity contribution in [3.05, 3.63) is 35.9 Å². The number of likely N-dealkylation sites (tertiary alicyclic amines) is 1. The largest absolute Gasteiger partial charge is 0.469 e. The fraction of sp³-hybridized carbons (Fsp3) is 0.474. The number of piperidine rings is 1. The van der Waals surface area contributed by atoms with Gasteiger partial charge in [0.25, 0.3) is 5.91 Å². The van der Waals surface area contributed by atoms with Gasteiger partial charge < -0.3 is 15.0 Å². The molecule has 1 aromatic rings. The fourth-order valence-corrected chi connectivity index (χ4v) is 3.48. The molecular weight excluding hydrogens is 350 g/mol. The predicted octanol–water partition coefficient (Wildman–Crippen LogP) is 0.561. The molecule has 27 heavy (non-hydrogen) atoms. The number of carbonyl (C=O) groups is 4. The molecule has 0 radical (unpaired) electrons. The third kappa shape index (κ3) is 4.27. The van der Waals surface area contributed by atoms with E-state index in [1.807, 2.05) is 30.3 Å². The summed E-state index contributed by atoms with van der Waals surface area (Å²) in [7, 11) is 1.35. The number of methoxy groups -OCH3 is 1. The molecule has 1 N–H and O–H groups in total. The summed E-state index contributed by atoms with van der Waals surface area (Å²) in [5, 5.41) is 2.65. The topological polar surface area (TPSA) is 96.0 Å². The molecule has 3 rings (SSSR count). The van der Waals surface area contributed by atoms with Gasteiger partial charge in [-0.3, -0.25) is 19.3 Å². The molecular formula is C19H23N3O5. The molecule has 1 aromatic carbocycles. The lowest BCUT2D eigenvalue weighted by molar-refractivity contribution is -0.149. The Labute approximate surface area is 157 Å². The fourth-order valence-electron chi connectivity index (χ4n) is 3.48. The minimum absolute atomic E-state index is 0.203. The molecule has 0 aromatic heterocycles. The smallest absolute Gasteiger partial charge is 0.325 e. The minimum atomic E-state index is -0.655. The van der Waals surface area contributed by atoms with E-state index in [0.717, 1.165) is 10.5 Å². The van der Waals surface area contributed by atoms with Crippen molar-refractivity contribution in [2.24, 2.45) is 5.92 Å². The quantitative estimate of drug-likeness (QED) is 0.601. The van der Waals surface area contributed by atoms with E-state index in [1.165, 1.54) is 7.11 Å². The van der Waals surface area contributed by atoms with Crippen molar-refractivity contribution in [1.29, 1.82) is 0 Å². The van der Waals surface area contributed by atoms with Crippen molar-refractivity contribution in [2.75, 3.05) is 26.7 Å². The Morgan fingerprint density at radius 2 is 1.81 bits per heavy atom. The molecule has 8 heteroatoms. The number of carbonyl (C=O) groups excluding carboxylic acids is 4. The first-order chi connectivity index (χ1) is 13.0. The maximum absolute atomic E-state index is 12.5. The van der Waals surface area contributed by atoms with Crippen LogP contribution >= 0.6 is 0 Å². The monoisotopic (exact) mass is 373 g/mol. The molecule has 0 bridgehead atoms. The average molecular weight is 373 g/mol. The zero-order valence-electron chi connectivity index (χ0n) is 15.2. The van der Waals surface area contributed by atoms with Crippen molar-refractivity contribution in [1.82, 2.24) is 15.1 Å². The molecule has 2 fully saturated rings. The van der Waals surface area contributed by atoms with Crippen LogP contribution in [0.4, 0.5) is 4.79 Å². The normalized spacial score (nSPS) is 20.6. The number of nitrogens with one attached hydrogen (secondary N) is 1. The number of esters is 1. The summed E-state index contributed by atoms with van der Waals surface area (Å²) in [6.07, 6.45) is 1.44. The Bertz CT molecular complexity index is 728. The molecule has 2 saturated heterocycles. The lowest BCUT2D eigenvalue weighted by Gasteiger charge is -2.31. The number of benzene rings is 1. The van der Waals surface area contributed by atoms with Crippen LogP contribution in [0.5, 0.6) is 0 Å². The Morgan fingerprint density at radius 1 is 1.15 bits per heavy atom. The van der Waals surface area contributed by atoms with E-state index in [0.29, 0.717) is 32.4 Å². The van der Waals surface area contributed by atoms with E-state index in [1.54, 1.807) is 4.90 Å². The average Bonchev–Trinajstić information content (AvgIpc) is 2.95. The van der Waals surface area contributed by atoms with Gasteiger partial charge in [-0.1, -0.05) is 30.3 Å². The zero-order chi connectivity index (χ0) is 19.4. The summed E-state index contributed by atoms with van der Waals surface area (Å²) < 4.78 is 4.73. The second kappa shape index (κ2) is 8.20. The molecule has 2 aliphatic heterocycles. The number of hydrogen-bond acceptors (Lipinski definition) is 5. The highest BCUT2D eigenvalue weighted by Gasteiger charge is 2.40. The number of rotatable bonds is 5. The first-order valence-electron chi connectivity index (χ1n) is 9.01. The SMILES string of the molecule is COC(=O)C1CCN(C(=O)CN2C(=O)N[C@H](Cc3ccccc3)C2=O)CC1. The summed E-state index contributed by atoms with van der Waals surface area (Å²) in [5.74, 6) is -1.14. The zero-order valence-corrected chi connectivity index (χ0v) is 15.2. The summed E-state index contributed by atoms with van der Waals surface area (Å²) >= 11 is 0. The van der Waals surface area contributed by atoms with Crippen LogP contribution in [0.1, 0.15) is 18.4 Å². The predicted molar refractivity (Wildman–Crippen MR) is 95.5 cm³/mol. The highest BCUT2D eigenvalue weighted by atomic mass is 16.5. The van der Waals surface area contributed by atoms with E-state index in [2.05, 4.69) is 5.32 Å². The molecule has 2 heterocycles. The number of urea groups is 1. The van der Waals surface area contributed by atoms with E-state index >= 15 is 0 Å². The molecule has 8 nitrogen and oxygen atoms in total. The number of hydrogen-bond donors (Lipinski definition) is 1. The van der Waals surface area contributed by atoms with E-state index in [-0.39, 0.29) is 30.2 Å². The van der Waals surface area contributed by atoms with Crippen LogP contribution in [-0.2, 0) is 25.5 Å². The van der Waals surface area contributed by atoms with Gasteiger partial charge in [0, 0.05) is 19.5 Å². The molecule has 0 saturated carbocycles. The van der Waals surface area contributed by atoms with Gasteiger partial charge in [-0.25, -0.2) is 4.79 Å². The maximum atomic E-state index is 12.5. The maximum Gasteiger partial charge on any atom is 0.325 e. The molecule has 2 aliphatic rings. The highest BCUT2D eigenvalue weighted by Crippen LogP contribution is 2.19. The van der Waals surface area contributed by atoms with Gasteiger partial charge in [0.15, 0.2) is 0 Å². The van der Waals surface area contributed by atoms with Gasteiger partial charge in [0.1, 0.15) is 12.6 Å². The van der Waals surface area contributed by atoms with Gasteiger partial charge in [-0.05, 0) is 18.4 Å². The summed E-state index contributed by atoms with van der Waals surface area (Å²) in [4.78, 5) is 51.3. The second-order valence-electron chi connectivity index (χ2n) is 6.79. The third-order valence-corrected chi connectivity index (χ3v) is 5.07. The molecule has 4 amide bonds. The van der Waals surface area contributed by atoms with Crippen LogP contribution in [0.25, 0.3) is 0 Å². The first kappa shape index (κ1) is 18.9. The summed E-state index contributed by atoms with van der Waals surface area (Å²) in [6.45, 7) is 0.546. The van der Waals surface area contributed by atoms with E-state index in [9.17, 15) is 19.2 Å². The van der Waals surface area contributed by atoms with Crippen LogP contribution in [0.2, 0.25) is 0 Å². The van der Waals surface area contributed by atoms with Crippen molar-refractivity contribution < 1.29 is 23.9 Å². The minimum Gasteiger partial charge on any atom is -0.469 e. The van der Waals surface area contributed by atoms with Crippen LogP contribution < -0.4 is 5.32 Å². The summed E-state index contributed by atoms with van der Waals surface area (Å²) in [6, 6.07) is 8.20.